The molecule has 3 nitrogen and oxygen atoms in total. The van der Waals surface area contributed by atoms with Crippen molar-refractivity contribution >= 4 is 5.91 Å². The lowest BCUT2D eigenvalue weighted by molar-refractivity contribution is -0.126. The predicted octanol–water partition coefficient (Wildman–Crippen LogP) is 2.03. The van der Waals surface area contributed by atoms with Gasteiger partial charge in [-0.25, -0.2) is 0 Å². The summed E-state index contributed by atoms with van der Waals surface area (Å²) in [6.45, 7) is 7.98. The molecule has 0 spiro atoms. The van der Waals surface area contributed by atoms with Crippen molar-refractivity contribution in [1.82, 2.24) is 10.6 Å². The second kappa shape index (κ2) is 5.53. The van der Waals surface area contributed by atoms with E-state index in [2.05, 4.69) is 42.7 Å². The lowest BCUT2D eigenvalue weighted by Gasteiger charge is -2.19. The highest BCUT2D eigenvalue weighted by Gasteiger charge is 2.30. The molecule has 2 N–H and O–H groups in total. The lowest BCUT2D eigenvalue weighted by Crippen LogP contribution is -2.35. The van der Waals surface area contributed by atoms with E-state index in [0.29, 0.717) is 5.92 Å². The van der Waals surface area contributed by atoms with Crippen molar-refractivity contribution in [2.45, 2.75) is 26.8 Å². The van der Waals surface area contributed by atoms with Crippen LogP contribution in [-0.2, 0) is 4.79 Å². The van der Waals surface area contributed by atoms with Crippen molar-refractivity contribution in [3.63, 3.8) is 0 Å². The number of benzene rings is 1. The topological polar surface area (TPSA) is 41.1 Å². The van der Waals surface area contributed by atoms with Crippen LogP contribution in [-0.4, -0.2) is 19.0 Å². The monoisotopic (exact) mass is 246 g/mol. The van der Waals surface area contributed by atoms with E-state index in [9.17, 15) is 4.79 Å². The minimum absolute atomic E-state index is 0.0743. The third-order valence-electron chi connectivity index (χ3n) is 3.76. The fourth-order valence-electron chi connectivity index (χ4n) is 2.50. The van der Waals surface area contributed by atoms with E-state index in [1.165, 1.54) is 11.1 Å². The van der Waals surface area contributed by atoms with Crippen molar-refractivity contribution < 1.29 is 4.79 Å². The third-order valence-corrected chi connectivity index (χ3v) is 3.76. The molecule has 0 aromatic heterocycles. The van der Waals surface area contributed by atoms with Crippen LogP contribution in [0.2, 0.25) is 0 Å². The molecule has 1 fully saturated rings. The Morgan fingerprint density at radius 2 is 2.22 bits per heavy atom. The largest absolute Gasteiger partial charge is 0.349 e. The van der Waals surface area contributed by atoms with Crippen LogP contribution in [0, 0.1) is 18.8 Å². The van der Waals surface area contributed by atoms with E-state index in [-0.39, 0.29) is 17.9 Å². The molecular weight excluding hydrogens is 224 g/mol. The van der Waals surface area contributed by atoms with Gasteiger partial charge in [-0.2, -0.15) is 0 Å². The standard InChI is InChI=1S/C15H22N2O/c1-10-5-4-6-13(7-10)12(3)17-15(18)14-9-16-8-11(14)2/h4-7,11-12,14,16H,8-9H2,1-3H3,(H,17,18)/t11?,12-,14?/m0/s1. The first-order valence-corrected chi connectivity index (χ1v) is 6.65. The van der Waals surface area contributed by atoms with Gasteiger partial charge in [0.25, 0.3) is 0 Å². The highest BCUT2D eigenvalue weighted by molar-refractivity contribution is 5.80. The Kier molecular flexibility index (Phi) is 4.02. The molecule has 0 saturated carbocycles. The molecule has 3 atom stereocenters. The summed E-state index contributed by atoms with van der Waals surface area (Å²) < 4.78 is 0. The highest BCUT2D eigenvalue weighted by Crippen LogP contribution is 2.19. The number of hydrogen-bond acceptors (Lipinski definition) is 2. The first kappa shape index (κ1) is 13.1. The van der Waals surface area contributed by atoms with E-state index >= 15 is 0 Å². The van der Waals surface area contributed by atoms with Gasteiger partial charge in [0.2, 0.25) is 5.91 Å². The number of carbonyl (C=O) groups excluding carboxylic acids is 1. The van der Waals surface area contributed by atoms with Gasteiger partial charge in [-0.3, -0.25) is 4.79 Å². The molecule has 18 heavy (non-hydrogen) atoms. The summed E-state index contributed by atoms with van der Waals surface area (Å²) >= 11 is 0. The average molecular weight is 246 g/mol. The number of amides is 1. The Hall–Kier alpha value is -1.35. The lowest BCUT2D eigenvalue weighted by atomic mass is 9.96. The van der Waals surface area contributed by atoms with Crippen LogP contribution in [0.1, 0.15) is 31.0 Å². The number of aryl methyl sites for hydroxylation is 1. The van der Waals surface area contributed by atoms with Crippen molar-refractivity contribution in [2.24, 2.45) is 11.8 Å². The molecule has 1 heterocycles. The van der Waals surface area contributed by atoms with Crippen molar-refractivity contribution in [1.29, 1.82) is 0 Å². The van der Waals surface area contributed by atoms with E-state index in [0.717, 1.165) is 13.1 Å². The number of carbonyl (C=O) groups is 1. The molecule has 1 aromatic carbocycles. The van der Waals surface area contributed by atoms with Gasteiger partial charge in [-0.1, -0.05) is 36.8 Å². The van der Waals surface area contributed by atoms with Crippen LogP contribution in [0.4, 0.5) is 0 Å². The summed E-state index contributed by atoms with van der Waals surface area (Å²) in [4.78, 5) is 12.2. The van der Waals surface area contributed by atoms with Gasteiger partial charge < -0.3 is 10.6 Å². The van der Waals surface area contributed by atoms with Crippen molar-refractivity contribution in [3.05, 3.63) is 35.4 Å². The molecule has 1 aliphatic rings. The zero-order valence-electron chi connectivity index (χ0n) is 11.4. The van der Waals surface area contributed by atoms with E-state index in [1.54, 1.807) is 0 Å². The van der Waals surface area contributed by atoms with Crippen LogP contribution in [0.15, 0.2) is 24.3 Å². The normalized spacial score (nSPS) is 24.8. The number of hydrogen-bond donors (Lipinski definition) is 2. The highest BCUT2D eigenvalue weighted by atomic mass is 16.2. The summed E-state index contributed by atoms with van der Waals surface area (Å²) in [5, 5.41) is 6.38. The molecular formula is C15H22N2O. The van der Waals surface area contributed by atoms with Gasteiger partial charge >= 0.3 is 0 Å². The Morgan fingerprint density at radius 3 is 2.83 bits per heavy atom. The maximum absolute atomic E-state index is 12.2. The molecule has 1 amide bonds. The van der Waals surface area contributed by atoms with Gasteiger partial charge in [0, 0.05) is 6.54 Å². The predicted molar refractivity (Wildman–Crippen MR) is 73.3 cm³/mol. The van der Waals surface area contributed by atoms with Gasteiger partial charge in [-0.15, -0.1) is 0 Å². The molecule has 3 heteroatoms. The van der Waals surface area contributed by atoms with Crippen LogP contribution in [0.25, 0.3) is 0 Å². The van der Waals surface area contributed by atoms with Gasteiger partial charge in [0.15, 0.2) is 0 Å². The molecule has 1 saturated heterocycles. The minimum Gasteiger partial charge on any atom is -0.349 e. The Balaban J connectivity index is 1.98. The fourth-order valence-corrected chi connectivity index (χ4v) is 2.50. The molecule has 0 radical (unpaired) electrons. The molecule has 1 aliphatic heterocycles. The first-order valence-electron chi connectivity index (χ1n) is 6.65. The average Bonchev–Trinajstić information content (AvgIpc) is 2.75. The van der Waals surface area contributed by atoms with Crippen LogP contribution >= 0.6 is 0 Å². The molecule has 1 aromatic rings. The second-order valence-electron chi connectivity index (χ2n) is 5.39. The second-order valence-corrected chi connectivity index (χ2v) is 5.39. The summed E-state index contributed by atoms with van der Waals surface area (Å²) in [5.41, 5.74) is 2.39. The molecule has 2 unspecified atom stereocenters. The summed E-state index contributed by atoms with van der Waals surface area (Å²) in [7, 11) is 0. The Labute approximate surface area is 109 Å². The summed E-state index contributed by atoms with van der Waals surface area (Å²) in [5.74, 6) is 0.702. The van der Waals surface area contributed by atoms with Crippen LogP contribution in [0.5, 0.6) is 0 Å². The van der Waals surface area contributed by atoms with Crippen LogP contribution in [0.3, 0.4) is 0 Å². The maximum atomic E-state index is 12.2. The first-order chi connectivity index (χ1) is 8.58. The van der Waals surface area contributed by atoms with Gasteiger partial charge in [0.1, 0.15) is 0 Å². The van der Waals surface area contributed by atoms with Crippen molar-refractivity contribution in [3.8, 4) is 0 Å². The maximum Gasteiger partial charge on any atom is 0.225 e. The molecule has 0 bridgehead atoms. The van der Waals surface area contributed by atoms with Gasteiger partial charge in [0.05, 0.1) is 12.0 Å². The zero-order valence-corrected chi connectivity index (χ0v) is 11.4. The zero-order chi connectivity index (χ0) is 13.1. The number of rotatable bonds is 3. The van der Waals surface area contributed by atoms with E-state index < -0.39 is 0 Å². The molecule has 0 aliphatic carbocycles. The fraction of sp³-hybridized carbons (Fsp3) is 0.533. The quantitative estimate of drug-likeness (QED) is 0.857. The van der Waals surface area contributed by atoms with E-state index in [1.807, 2.05) is 13.0 Å². The number of nitrogens with one attached hydrogen (secondary N) is 2. The van der Waals surface area contributed by atoms with Gasteiger partial charge in [-0.05, 0) is 31.9 Å². The molecule has 2 rings (SSSR count). The third kappa shape index (κ3) is 2.91. The minimum atomic E-state index is 0.0743. The Morgan fingerprint density at radius 1 is 1.44 bits per heavy atom. The van der Waals surface area contributed by atoms with Crippen LogP contribution < -0.4 is 10.6 Å². The van der Waals surface area contributed by atoms with Crippen molar-refractivity contribution in [2.75, 3.05) is 13.1 Å². The summed E-state index contributed by atoms with van der Waals surface area (Å²) in [6, 6.07) is 8.37. The Bertz CT molecular complexity index is 430. The van der Waals surface area contributed by atoms with E-state index in [4.69, 9.17) is 0 Å². The molecule has 98 valence electrons. The smallest absolute Gasteiger partial charge is 0.225 e. The summed E-state index contributed by atoms with van der Waals surface area (Å²) in [6.07, 6.45) is 0. The SMILES string of the molecule is Cc1cccc([C@H](C)NC(=O)C2CNCC2C)c1.